The second-order valence-corrected chi connectivity index (χ2v) is 14.0. The summed E-state index contributed by atoms with van der Waals surface area (Å²) in [5, 5.41) is 6.84. The molecular weight excluding hydrogens is 509 g/mol. The standard InChI is InChI=1S/C30H30N5OPS/c1-21-27-29(35(33-21)23-13-6-5-7-14-23)32-20-26(37(27,38)36-19-17-22-12-10-11-18-31-22)28-30(2,3)24-15-8-9-16-25(24)34(28)4/h5-16,18,20H,17,19H2,1-4H3/b28-26-. The van der Waals surface area contributed by atoms with Gasteiger partial charge in [-0.2, -0.15) is 5.10 Å². The second kappa shape index (κ2) is 9.42. The molecule has 2 aromatic heterocycles. The molecule has 4 heterocycles. The number of aryl methyl sites for hydroxylation is 1. The molecule has 192 valence electrons. The highest BCUT2D eigenvalue weighted by Crippen LogP contribution is 2.63. The van der Waals surface area contributed by atoms with Gasteiger partial charge in [0, 0.05) is 48.4 Å². The van der Waals surface area contributed by atoms with Crippen molar-refractivity contribution in [1.82, 2.24) is 14.8 Å². The van der Waals surface area contributed by atoms with Crippen LogP contribution in [0, 0.1) is 6.92 Å². The third kappa shape index (κ3) is 3.89. The zero-order chi connectivity index (χ0) is 26.5. The van der Waals surface area contributed by atoms with Crippen molar-refractivity contribution >= 4 is 41.1 Å². The van der Waals surface area contributed by atoms with E-state index in [2.05, 4.69) is 55.0 Å². The summed E-state index contributed by atoms with van der Waals surface area (Å²) >= 11 is 6.64. The summed E-state index contributed by atoms with van der Waals surface area (Å²) in [6, 6.07) is 24.6. The molecule has 0 amide bonds. The monoisotopic (exact) mass is 539 g/mol. The Bertz CT molecular complexity index is 1630. The molecule has 0 bridgehead atoms. The molecule has 0 radical (unpaired) electrons. The van der Waals surface area contributed by atoms with Crippen LogP contribution in [0.1, 0.15) is 30.8 Å². The highest BCUT2D eigenvalue weighted by atomic mass is 32.4. The molecule has 6 nitrogen and oxygen atoms in total. The zero-order valence-electron chi connectivity index (χ0n) is 22.0. The number of allylic oxidation sites excluding steroid dienone is 2. The SMILES string of the molecule is Cc1nn(-c2ccccc2)c2c1P(=S)(OCCc1ccccn1)/C(=C1\N(C)c3ccccc3C1(C)C)C=N2. The van der Waals surface area contributed by atoms with Crippen molar-refractivity contribution < 1.29 is 4.52 Å². The Morgan fingerprint density at radius 1 is 0.974 bits per heavy atom. The lowest BCUT2D eigenvalue weighted by Gasteiger charge is -2.34. The van der Waals surface area contributed by atoms with Gasteiger partial charge >= 0.3 is 0 Å². The van der Waals surface area contributed by atoms with E-state index in [0.29, 0.717) is 13.0 Å². The average Bonchev–Trinajstić information content (AvgIpc) is 3.37. The van der Waals surface area contributed by atoms with Gasteiger partial charge < -0.3 is 9.42 Å². The molecule has 0 aliphatic carbocycles. The van der Waals surface area contributed by atoms with Crippen molar-refractivity contribution in [2.45, 2.75) is 32.6 Å². The molecule has 4 aromatic rings. The molecule has 1 unspecified atom stereocenters. The number of likely N-dealkylation sites (N-methyl/N-ethyl adjacent to an activating group) is 1. The average molecular weight is 540 g/mol. The van der Waals surface area contributed by atoms with Crippen molar-refractivity contribution in [1.29, 1.82) is 0 Å². The molecule has 2 aliphatic heterocycles. The second-order valence-electron chi connectivity index (χ2n) is 10.2. The van der Waals surface area contributed by atoms with Crippen LogP contribution in [0.2, 0.25) is 0 Å². The van der Waals surface area contributed by atoms with Crippen LogP contribution in [0.4, 0.5) is 11.5 Å². The number of pyridine rings is 1. The van der Waals surface area contributed by atoms with Crippen LogP contribution < -0.4 is 10.2 Å². The number of rotatable bonds is 5. The number of anilines is 1. The number of aromatic nitrogens is 3. The first kappa shape index (κ1) is 24.9. The van der Waals surface area contributed by atoms with Crippen LogP contribution in [0.25, 0.3) is 5.69 Å². The number of nitrogens with zero attached hydrogens (tertiary/aromatic N) is 5. The normalized spacial score (nSPS) is 21.4. The smallest absolute Gasteiger partial charge is 0.166 e. The fourth-order valence-electron chi connectivity index (χ4n) is 5.65. The maximum Gasteiger partial charge on any atom is 0.166 e. The first-order chi connectivity index (χ1) is 18.3. The lowest BCUT2D eigenvalue weighted by molar-refractivity contribution is 0.361. The number of para-hydroxylation sites is 2. The van der Waals surface area contributed by atoms with Gasteiger partial charge in [0.1, 0.15) is 6.26 Å². The lowest BCUT2D eigenvalue weighted by Crippen LogP contribution is -2.28. The molecule has 0 spiro atoms. The first-order valence-corrected chi connectivity index (χ1v) is 15.5. The van der Waals surface area contributed by atoms with E-state index in [1.165, 1.54) is 11.3 Å². The Labute approximate surface area is 228 Å². The van der Waals surface area contributed by atoms with E-state index >= 15 is 0 Å². The summed E-state index contributed by atoms with van der Waals surface area (Å²) < 4.78 is 8.75. The van der Waals surface area contributed by atoms with Crippen LogP contribution in [0.5, 0.6) is 0 Å². The number of benzene rings is 2. The maximum absolute atomic E-state index is 6.85. The molecule has 0 N–H and O–H groups in total. The van der Waals surface area contributed by atoms with Crippen molar-refractivity contribution in [3.05, 3.63) is 107 Å². The molecule has 2 aromatic carbocycles. The molecule has 0 saturated carbocycles. The Hall–Kier alpha value is -3.38. The van der Waals surface area contributed by atoms with E-state index < -0.39 is 6.26 Å². The number of aliphatic imine (C=N–C) groups is 1. The van der Waals surface area contributed by atoms with E-state index in [-0.39, 0.29) is 5.41 Å². The predicted molar refractivity (Wildman–Crippen MR) is 159 cm³/mol. The number of hydrogen-bond acceptors (Lipinski definition) is 6. The Kier molecular flexibility index (Phi) is 6.18. The van der Waals surface area contributed by atoms with Crippen LogP contribution in [-0.2, 0) is 28.2 Å². The summed E-state index contributed by atoms with van der Waals surface area (Å²) in [5.41, 5.74) is 6.13. The molecule has 38 heavy (non-hydrogen) atoms. The number of hydrogen-bond donors (Lipinski definition) is 0. The summed E-state index contributed by atoms with van der Waals surface area (Å²) in [4.78, 5) is 11.7. The van der Waals surface area contributed by atoms with Gasteiger partial charge in [0.25, 0.3) is 0 Å². The minimum absolute atomic E-state index is 0.262. The maximum atomic E-state index is 6.85. The van der Waals surface area contributed by atoms with Crippen LogP contribution in [0.3, 0.4) is 0 Å². The summed E-state index contributed by atoms with van der Waals surface area (Å²) in [6.45, 7) is 7.00. The first-order valence-electron chi connectivity index (χ1n) is 12.7. The highest BCUT2D eigenvalue weighted by Gasteiger charge is 2.46. The Morgan fingerprint density at radius 3 is 2.45 bits per heavy atom. The summed E-state index contributed by atoms with van der Waals surface area (Å²) in [7, 11) is 2.12. The van der Waals surface area contributed by atoms with Crippen LogP contribution in [0.15, 0.2) is 95.0 Å². The molecule has 2 aliphatic rings. The van der Waals surface area contributed by atoms with E-state index in [1.807, 2.05) is 72.5 Å². The van der Waals surface area contributed by atoms with Gasteiger partial charge in [-0.3, -0.25) is 4.98 Å². The van der Waals surface area contributed by atoms with Crippen LogP contribution in [-0.4, -0.2) is 34.6 Å². The van der Waals surface area contributed by atoms with E-state index in [9.17, 15) is 0 Å². The minimum atomic E-state index is -2.77. The summed E-state index contributed by atoms with van der Waals surface area (Å²) in [5.74, 6) is 0.759. The fraction of sp³-hybridized carbons (Fsp3) is 0.233. The van der Waals surface area contributed by atoms with E-state index in [0.717, 1.165) is 39.2 Å². The van der Waals surface area contributed by atoms with Gasteiger partial charge in [-0.25, -0.2) is 9.67 Å². The van der Waals surface area contributed by atoms with Crippen molar-refractivity contribution in [2.24, 2.45) is 4.99 Å². The topological polar surface area (TPSA) is 55.5 Å². The molecule has 0 saturated heterocycles. The summed E-state index contributed by atoms with van der Waals surface area (Å²) in [6.07, 6.45) is 1.67. The van der Waals surface area contributed by atoms with Crippen molar-refractivity contribution in [3.8, 4) is 5.69 Å². The molecule has 0 fully saturated rings. The number of fused-ring (bicyclic) bond motifs is 2. The third-order valence-corrected chi connectivity index (χ3v) is 11.5. The molecule has 8 heteroatoms. The van der Waals surface area contributed by atoms with E-state index in [1.54, 1.807) is 0 Å². The van der Waals surface area contributed by atoms with Gasteiger partial charge in [-0.15, -0.1) is 0 Å². The lowest BCUT2D eigenvalue weighted by atomic mass is 9.84. The van der Waals surface area contributed by atoms with E-state index in [4.69, 9.17) is 26.4 Å². The largest absolute Gasteiger partial charge is 0.346 e. The minimum Gasteiger partial charge on any atom is -0.346 e. The quantitative estimate of drug-likeness (QED) is 0.282. The van der Waals surface area contributed by atoms with Gasteiger partial charge in [-0.05, 0) is 42.8 Å². The Balaban J connectivity index is 1.53. The van der Waals surface area contributed by atoms with Gasteiger partial charge in [-0.1, -0.05) is 68.1 Å². The predicted octanol–water partition coefficient (Wildman–Crippen LogP) is 6.21. The fourth-order valence-corrected chi connectivity index (χ4v) is 9.58. The van der Waals surface area contributed by atoms with Crippen LogP contribution >= 0.6 is 6.26 Å². The van der Waals surface area contributed by atoms with Gasteiger partial charge in [0.2, 0.25) is 0 Å². The third-order valence-electron chi connectivity index (χ3n) is 7.39. The molecular formula is C30H30N5OPS. The van der Waals surface area contributed by atoms with Gasteiger partial charge in [0.15, 0.2) is 5.82 Å². The van der Waals surface area contributed by atoms with Crippen molar-refractivity contribution in [2.75, 3.05) is 18.6 Å². The van der Waals surface area contributed by atoms with Gasteiger partial charge in [0.05, 0.1) is 28.6 Å². The zero-order valence-corrected chi connectivity index (χ0v) is 23.7. The highest BCUT2D eigenvalue weighted by molar-refractivity contribution is 8.18. The molecule has 6 rings (SSSR count). The van der Waals surface area contributed by atoms with Crippen molar-refractivity contribution in [3.63, 3.8) is 0 Å². The Morgan fingerprint density at radius 2 is 1.71 bits per heavy atom. The molecule has 1 atom stereocenters.